The molecule has 0 heterocycles. The van der Waals surface area contributed by atoms with Gasteiger partial charge < -0.3 is 15.2 Å². The van der Waals surface area contributed by atoms with E-state index in [9.17, 15) is 14.3 Å². The van der Waals surface area contributed by atoms with Gasteiger partial charge in [-0.25, -0.2) is 4.39 Å². The SMILES string of the molecule is COc1ccc(NC(=O)C(C)c2cccc(F)c2)cc1CO. The van der Waals surface area contributed by atoms with Crippen molar-refractivity contribution in [2.45, 2.75) is 19.4 Å². The lowest BCUT2D eigenvalue weighted by Crippen LogP contribution is -2.19. The van der Waals surface area contributed by atoms with Crippen molar-refractivity contribution in [1.82, 2.24) is 0 Å². The summed E-state index contributed by atoms with van der Waals surface area (Å²) >= 11 is 0. The summed E-state index contributed by atoms with van der Waals surface area (Å²) < 4.78 is 18.3. The third kappa shape index (κ3) is 3.62. The van der Waals surface area contributed by atoms with E-state index in [1.54, 1.807) is 37.3 Å². The van der Waals surface area contributed by atoms with Crippen LogP contribution in [0.5, 0.6) is 5.75 Å². The standard InChI is InChI=1S/C17H18FNO3/c1-11(12-4-3-5-14(18)8-12)17(21)19-15-6-7-16(22-2)13(9-15)10-20/h3-9,11,20H,10H2,1-2H3,(H,19,21). The van der Waals surface area contributed by atoms with E-state index in [-0.39, 0.29) is 18.3 Å². The summed E-state index contributed by atoms with van der Waals surface area (Å²) in [6.07, 6.45) is 0. The van der Waals surface area contributed by atoms with Gasteiger partial charge in [-0.1, -0.05) is 12.1 Å². The molecule has 22 heavy (non-hydrogen) atoms. The lowest BCUT2D eigenvalue weighted by Gasteiger charge is -2.14. The highest BCUT2D eigenvalue weighted by molar-refractivity contribution is 5.95. The first kappa shape index (κ1) is 16.0. The van der Waals surface area contributed by atoms with Crippen molar-refractivity contribution in [2.75, 3.05) is 12.4 Å². The zero-order valence-corrected chi connectivity index (χ0v) is 12.5. The molecule has 0 aliphatic heterocycles. The Labute approximate surface area is 128 Å². The van der Waals surface area contributed by atoms with E-state index in [4.69, 9.17) is 4.74 Å². The quantitative estimate of drug-likeness (QED) is 0.892. The van der Waals surface area contributed by atoms with E-state index in [1.165, 1.54) is 19.2 Å². The molecule has 0 saturated heterocycles. The largest absolute Gasteiger partial charge is 0.496 e. The normalized spacial score (nSPS) is 11.8. The number of benzene rings is 2. The second kappa shape index (κ2) is 7.04. The van der Waals surface area contributed by atoms with Crippen LogP contribution >= 0.6 is 0 Å². The van der Waals surface area contributed by atoms with Crippen LogP contribution in [0.15, 0.2) is 42.5 Å². The smallest absolute Gasteiger partial charge is 0.231 e. The van der Waals surface area contributed by atoms with Gasteiger partial charge in [0.2, 0.25) is 5.91 Å². The molecule has 2 rings (SSSR count). The first-order valence-electron chi connectivity index (χ1n) is 6.89. The van der Waals surface area contributed by atoms with Gasteiger partial charge in [0.05, 0.1) is 19.6 Å². The van der Waals surface area contributed by atoms with Crippen LogP contribution in [0.1, 0.15) is 24.0 Å². The number of aliphatic hydroxyl groups excluding tert-OH is 1. The van der Waals surface area contributed by atoms with Gasteiger partial charge in [-0.05, 0) is 42.8 Å². The number of amides is 1. The van der Waals surface area contributed by atoms with Gasteiger partial charge in [0.25, 0.3) is 0 Å². The second-order valence-corrected chi connectivity index (χ2v) is 4.95. The Morgan fingerprint density at radius 1 is 1.32 bits per heavy atom. The summed E-state index contributed by atoms with van der Waals surface area (Å²) in [5, 5.41) is 12.0. The van der Waals surface area contributed by atoms with Gasteiger partial charge in [-0.3, -0.25) is 4.79 Å². The Kier molecular flexibility index (Phi) is 5.12. The summed E-state index contributed by atoms with van der Waals surface area (Å²) in [5.74, 6) is -0.558. The highest BCUT2D eigenvalue weighted by Crippen LogP contribution is 2.24. The molecule has 0 spiro atoms. The minimum absolute atomic E-state index is 0.188. The van der Waals surface area contributed by atoms with Crippen molar-refractivity contribution in [2.24, 2.45) is 0 Å². The van der Waals surface area contributed by atoms with Gasteiger partial charge in [0.1, 0.15) is 11.6 Å². The van der Waals surface area contributed by atoms with Crippen LogP contribution in [0, 0.1) is 5.82 Å². The number of carbonyl (C=O) groups excluding carboxylic acids is 1. The topological polar surface area (TPSA) is 58.6 Å². The van der Waals surface area contributed by atoms with Crippen LogP contribution < -0.4 is 10.1 Å². The number of hydrogen-bond acceptors (Lipinski definition) is 3. The highest BCUT2D eigenvalue weighted by Gasteiger charge is 2.16. The maximum Gasteiger partial charge on any atom is 0.231 e. The molecule has 1 amide bonds. The molecule has 0 saturated carbocycles. The number of carbonyl (C=O) groups is 1. The third-order valence-corrected chi connectivity index (χ3v) is 3.46. The zero-order chi connectivity index (χ0) is 16.1. The third-order valence-electron chi connectivity index (χ3n) is 3.46. The molecular formula is C17H18FNO3. The summed E-state index contributed by atoms with van der Waals surface area (Å²) in [5.41, 5.74) is 1.74. The predicted molar refractivity (Wildman–Crippen MR) is 82.4 cm³/mol. The minimum Gasteiger partial charge on any atom is -0.496 e. The van der Waals surface area contributed by atoms with Gasteiger partial charge in [-0.15, -0.1) is 0 Å². The molecule has 5 heteroatoms. The number of ether oxygens (including phenoxy) is 1. The van der Waals surface area contributed by atoms with Gasteiger partial charge >= 0.3 is 0 Å². The number of hydrogen-bond donors (Lipinski definition) is 2. The molecule has 2 aromatic rings. The molecule has 0 aromatic heterocycles. The van der Waals surface area contributed by atoms with E-state index < -0.39 is 5.92 Å². The average Bonchev–Trinajstić information content (AvgIpc) is 2.53. The first-order valence-corrected chi connectivity index (χ1v) is 6.89. The zero-order valence-electron chi connectivity index (χ0n) is 12.5. The number of nitrogens with one attached hydrogen (secondary N) is 1. The van der Waals surface area contributed by atoms with Crippen LogP contribution in [0.2, 0.25) is 0 Å². The fraction of sp³-hybridized carbons (Fsp3) is 0.235. The van der Waals surface area contributed by atoms with Crippen LogP contribution in [0.4, 0.5) is 10.1 Å². The Morgan fingerprint density at radius 3 is 2.73 bits per heavy atom. The summed E-state index contributed by atoms with van der Waals surface area (Å²) in [7, 11) is 1.51. The minimum atomic E-state index is -0.490. The van der Waals surface area contributed by atoms with Crippen LogP contribution in [-0.4, -0.2) is 18.1 Å². The van der Waals surface area contributed by atoms with Crippen LogP contribution in [-0.2, 0) is 11.4 Å². The van der Waals surface area contributed by atoms with E-state index in [0.29, 0.717) is 22.6 Å². The van der Waals surface area contributed by atoms with Crippen molar-refractivity contribution < 1.29 is 19.0 Å². The number of aliphatic hydroxyl groups is 1. The molecule has 2 aromatic carbocycles. The lowest BCUT2D eigenvalue weighted by molar-refractivity contribution is -0.117. The number of anilines is 1. The second-order valence-electron chi connectivity index (χ2n) is 4.95. The van der Waals surface area contributed by atoms with Crippen molar-refractivity contribution in [3.05, 3.63) is 59.4 Å². The van der Waals surface area contributed by atoms with Crippen LogP contribution in [0.3, 0.4) is 0 Å². The van der Waals surface area contributed by atoms with Crippen molar-refractivity contribution in [1.29, 1.82) is 0 Å². The molecule has 116 valence electrons. The maximum atomic E-state index is 13.2. The molecule has 2 N–H and O–H groups in total. The molecule has 0 fully saturated rings. The van der Waals surface area contributed by atoms with E-state index in [1.807, 2.05) is 0 Å². The Morgan fingerprint density at radius 2 is 2.09 bits per heavy atom. The van der Waals surface area contributed by atoms with Gasteiger partial charge in [-0.2, -0.15) is 0 Å². The van der Waals surface area contributed by atoms with Crippen molar-refractivity contribution in [3.63, 3.8) is 0 Å². The van der Waals surface area contributed by atoms with Gasteiger partial charge in [0.15, 0.2) is 0 Å². The highest BCUT2D eigenvalue weighted by atomic mass is 19.1. The summed E-state index contributed by atoms with van der Waals surface area (Å²) in [6.45, 7) is 1.52. The Balaban J connectivity index is 2.14. The van der Waals surface area contributed by atoms with E-state index in [0.717, 1.165) is 0 Å². The molecule has 0 bridgehead atoms. The maximum absolute atomic E-state index is 13.2. The van der Waals surface area contributed by atoms with Crippen LogP contribution in [0.25, 0.3) is 0 Å². The van der Waals surface area contributed by atoms with Gasteiger partial charge in [0, 0.05) is 11.3 Å². The molecule has 0 radical (unpaired) electrons. The van der Waals surface area contributed by atoms with Crippen molar-refractivity contribution >= 4 is 11.6 Å². The lowest BCUT2D eigenvalue weighted by atomic mass is 10.00. The average molecular weight is 303 g/mol. The molecule has 0 aliphatic rings. The fourth-order valence-corrected chi connectivity index (χ4v) is 2.16. The molecule has 0 aliphatic carbocycles. The number of rotatable bonds is 5. The predicted octanol–water partition coefficient (Wildman–Crippen LogP) is 3.07. The molecule has 1 atom stereocenters. The molecule has 1 unspecified atom stereocenters. The summed E-state index contributed by atoms with van der Waals surface area (Å²) in [6, 6.07) is 11.0. The van der Waals surface area contributed by atoms with E-state index in [2.05, 4.69) is 5.32 Å². The number of methoxy groups -OCH3 is 1. The fourth-order valence-electron chi connectivity index (χ4n) is 2.16. The number of halogens is 1. The summed E-state index contributed by atoms with van der Waals surface area (Å²) in [4.78, 5) is 12.3. The Hall–Kier alpha value is -2.40. The van der Waals surface area contributed by atoms with Crippen molar-refractivity contribution in [3.8, 4) is 5.75 Å². The Bertz CT molecular complexity index is 673. The monoisotopic (exact) mass is 303 g/mol. The first-order chi connectivity index (χ1) is 10.5. The van der Waals surface area contributed by atoms with E-state index >= 15 is 0 Å². The molecular weight excluding hydrogens is 285 g/mol. The molecule has 4 nitrogen and oxygen atoms in total.